The molecule has 0 aliphatic carbocycles. The zero-order valence-electron chi connectivity index (χ0n) is 11.4. The summed E-state index contributed by atoms with van der Waals surface area (Å²) in [6.45, 7) is 0. The Morgan fingerprint density at radius 1 is 0.909 bits per heavy atom. The van der Waals surface area contributed by atoms with Crippen molar-refractivity contribution in [3.05, 3.63) is 71.3 Å². The second-order valence-corrected chi connectivity index (χ2v) is 4.78. The normalized spacial score (nSPS) is 14.7. The van der Waals surface area contributed by atoms with Crippen LogP contribution in [0.3, 0.4) is 0 Å². The molecule has 1 aliphatic heterocycles. The van der Waals surface area contributed by atoms with Gasteiger partial charge in [-0.25, -0.2) is 0 Å². The summed E-state index contributed by atoms with van der Waals surface area (Å²) in [5.74, 6) is -2.08. The van der Waals surface area contributed by atoms with Crippen LogP contribution in [0.15, 0.2) is 54.6 Å². The van der Waals surface area contributed by atoms with E-state index in [1.165, 1.54) is 12.1 Å². The Morgan fingerprint density at radius 2 is 1.41 bits per heavy atom. The number of benzene rings is 2. The average molecular weight is 296 g/mol. The van der Waals surface area contributed by atoms with Gasteiger partial charge in [0.25, 0.3) is 17.7 Å². The summed E-state index contributed by atoms with van der Waals surface area (Å²) in [6, 6.07) is 14.5. The number of hydrazine groups is 1. The van der Waals surface area contributed by atoms with E-state index in [0.29, 0.717) is 10.6 Å². The summed E-state index contributed by atoms with van der Waals surface area (Å²) < 4.78 is 0. The van der Waals surface area contributed by atoms with Crippen LogP contribution in [0.1, 0.15) is 32.4 Å². The molecule has 6 heteroatoms. The molecule has 3 amide bonds. The van der Waals surface area contributed by atoms with E-state index in [4.69, 9.17) is 0 Å². The van der Waals surface area contributed by atoms with Crippen molar-refractivity contribution in [2.45, 2.75) is 6.10 Å². The molecule has 6 nitrogen and oxygen atoms in total. The number of rotatable bonds is 3. The first kappa shape index (κ1) is 14.0. The summed E-state index contributed by atoms with van der Waals surface area (Å²) in [4.78, 5) is 36.3. The lowest BCUT2D eigenvalue weighted by Gasteiger charge is -2.18. The monoisotopic (exact) mass is 296 g/mol. The van der Waals surface area contributed by atoms with Crippen LogP contribution >= 0.6 is 0 Å². The summed E-state index contributed by atoms with van der Waals surface area (Å²) in [5, 5.41) is 10.6. The van der Waals surface area contributed by atoms with Crippen molar-refractivity contribution < 1.29 is 19.5 Å². The summed E-state index contributed by atoms with van der Waals surface area (Å²) >= 11 is 0. The lowest BCUT2D eigenvalue weighted by atomic mass is 10.1. The first-order chi connectivity index (χ1) is 10.6. The summed E-state index contributed by atoms with van der Waals surface area (Å²) in [7, 11) is 0. The third kappa shape index (κ3) is 2.25. The number of hydrogen-bond acceptors (Lipinski definition) is 4. The Balaban J connectivity index is 1.79. The molecule has 0 fully saturated rings. The zero-order valence-corrected chi connectivity index (χ0v) is 11.4. The van der Waals surface area contributed by atoms with Gasteiger partial charge in [0.05, 0.1) is 11.1 Å². The minimum atomic E-state index is -1.47. The molecule has 2 aromatic carbocycles. The van der Waals surface area contributed by atoms with Gasteiger partial charge < -0.3 is 5.11 Å². The van der Waals surface area contributed by atoms with Gasteiger partial charge in [-0.15, -0.1) is 0 Å². The minimum Gasteiger partial charge on any atom is -0.378 e. The van der Waals surface area contributed by atoms with E-state index in [0.717, 1.165) is 0 Å². The molecule has 2 aromatic rings. The number of aliphatic hydroxyl groups excluding tert-OH is 1. The second kappa shape index (κ2) is 5.42. The molecule has 2 N–H and O–H groups in total. The van der Waals surface area contributed by atoms with Gasteiger partial charge in [0.15, 0.2) is 6.10 Å². The predicted octanol–water partition coefficient (Wildman–Crippen LogP) is 1.05. The number of carbonyl (C=O) groups is 3. The third-order valence-electron chi connectivity index (χ3n) is 3.38. The Hall–Kier alpha value is -2.99. The molecular formula is C16H12N2O4. The van der Waals surface area contributed by atoms with Crippen molar-refractivity contribution in [3.8, 4) is 0 Å². The van der Waals surface area contributed by atoms with Crippen LogP contribution in [0.5, 0.6) is 0 Å². The molecular weight excluding hydrogens is 284 g/mol. The van der Waals surface area contributed by atoms with E-state index >= 15 is 0 Å². The molecule has 1 aliphatic rings. The number of fused-ring (bicyclic) bond motifs is 1. The van der Waals surface area contributed by atoms with Crippen LogP contribution in [-0.4, -0.2) is 27.8 Å². The molecule has 1 atom stereocenters. The van der Waals surface area contributed by atoms with Gasteiger partial charge in [0.2, 0.25) is 0 Å². The molecule has 22 heavy (non-hydrogen) atoms. The van der Waals surface area contributed by atoms with Gasteiger partial charge in [0.1, 0.15) is 0 Å². The number of nitrogens with one attached hydrogen (secondary N) is 1. The van der Waals surface area contributed by atoms with E-state index in [9.17, 15) is 19.5 Å². The van der Waals surface area contributed by atoms with E-state index < -0.39 is 23.8 Å². The highest BCUT2D eigenvalue weighted by Gasteiger charge is 2.37. The third-order valence-corrected chi connectivity index (χ3v) is 3.38. The van der Waals surface area contributed by atoms with E-state index in [1.807, 2.05) is 0 Å². The highest BCUT2D eigenvalue weighted by Crippen LogP contribution is 2.21. The van der Waals surface area contributed by atoms with Crippen molar-refractivity contribution >= 4 is 17.7 Å². The van der Waals surface area contributed by atoms with Crippen LogP contribution in [0.25, 0.3) is 0 Å². The fraction of sp³-hybridized carbons (Fsp3) is 0.0625. The first-order valence-corrected chi connectivity index (χ1v) is 6.61. The van der Waals surface area contributed by atoms with Gasteiger partial charge in [-0.3, -0.25) is 19.8 Å². The van der Waals surface area contributed by atoms with Crippen molar-refractivity contribution in [3.63, 3.8) is 0 Å². The Bertz CT molecular complexity index is 723. The fourth-order valence-corrected chi connectivity index (χ4v) is 2.25. The first-order valence-electron chi connectivity index (χ1n) is 6.61. The molecule has 1 heterocycles. The molecule has 0 saturated carbocycles. The van der Waals surface area contributed by atoms with E-state index in [2.05, 4.69) is 5.43 Å². The number of amides is 3. The highest BCUT2D eigenvalue weighted by molar-refractivity contribution is 6.21. The van der Waals surface area contributed by atoms with Crippen molar-refractivity contribution in [1.29, 1.82) is 0 Å². The standard InChI is InChI=1S/C16H12N2O4/c19-13(10-6-2-1-3-7-10)14(20)17-18-15(21)11-8-4-5-9-12(11)16(18)22/h1-9,13,19H,(H,17,20). The minimum absolute atomic E-state index is 0.224. The molecule has 0 bridgehead atoms. The molecule has 3 rings (SSSR count). The SMILES string of the molecule is O=C(NN1C(=O)c2ccccc2C1=O)C(O)c1ccccc1. The Kier molecular flexibility index (Phi) is 3.44. The van der Waals surface area contributed by atoms with E-state index in [1.54, 1.807) is 42.5 Å². The van der Waals surface area contributed by atoms with Gasteiger partial charge in [-0.05, 0) is 17.7 Å². The topological polar surface area (TPSA) is 86.7 Å². The number of carbonyl (C=O) groups excluding carboxylic acids is 3. The second-order valence-electron chi connectivity index (χ2n) is 4.78. The van der Waals surface area contributed by atoms with Crippen molar-refractivity contribution in [1.82, 2.24) is 10.4 Å². The Morgan fingerprint density at radius 3 is 1.95 bits per heavy atom. The smallest absolute Gasteiger partial charge is 0.280 e. The maximum Gasteiger partial charge on any atom is 0.280 e. The van der Waals surface area contributed by atoms with Crippen molar-refractivity contribution in [2.24, 2.45) is 0 Å². The predicted molar refractivity (Wildman–Crippen MR) is 76.5 cm³/mol. The largest absolute Gasteiger partial charge is 0.378 e. The summed E-state index contributed by atoms with van der Waals surface area (Å²) in [5.41, 5.74) is 2.99. The van der Waals surface area contributed by atoms with E-state index in [-0.39, 0.29) is 11.1 Å². The maximum absolute atomic E-state index is 12.1. The number of aliphatic hydroxyl groups is 1. The van der Waals surface area contributed by atoms with Crippen molar-refractivity contribution in [2.75, 3.05) is 0 Å². The molecule has 0 saturated heterocycles. The van der Waals surface area contributed by atoms with Crippen LogP contribution in [0.4, 0.5) is 0 Å². The Labute approximate surface area is 126 Å². The average Bonchev–Trinajstić information content (AvgIpc) is 2.80. The number of nitrogens with zero attached hydrogens (tertiary/aromatic N) is 1. The van der Waals surface area contributed by atoms with Crippen LogP contribution in [0, 0.1) is 0 Å². The van der Waals surface area contributed by atoms with Crippen LogP contribution < -0.4 is 5.43 Å². The van der Waals surface area contributed by atoms with Crippen LogP contribution in [-0.2, 0) is 4.79 Å². The van der Waals surface area contributed by atoms with Crippen LogP contribution in [0.2, 0.25) is 0 Å². The lowest BCUT2D eigenvalue weighted by molar-refractivity contribution is -0.132. The highest BCUT2D eigenvalue weighted by atomic mass is 16.3. The number of imide groups is 1. The zero-order chi connectivity index (χ0) is 15.7. The summed E-state index contributed by atoms with van der Waals surface area (Å²) in [6.07, 6.45) is -1.47. The maximum atomic E-state index is 12.1. The molecule has 0 aromatic heterocycles. The molecule has 110 valence electrons. The van der Waals surface area contributed by atoms with Gasteiger partial charge in [0, 0.05) is 0 Å². The fourth-order valence-electron chi connectivity index (χ4n) is 2.25. The van der Waals surface area contributed by atoms with Gasteiger partial charge in [-0.2, -0.15) is 5.01 Å². The molecule has 0 radical (unpaired) electrons. The quantitative estimate of drug-likeness (QED) is 0.829. The lowest BCUT2D eigenvalue weighted by Crippen LogP contribution is -2.47. The van der Waals surface area contributed by atoms with Gasteiger partial charge in [-0.1, -0.05) is 42.5 Å². The molecule has 0 spiro atoms. The number of hydrogen-bond donors (Lipinski definition) is 2. The molecule has 1 unspecified atom stereocenters. The van der Waals surface area contributed by atoms with Gasteiger partial charge >= 0.3 is 0 Å².